The van der Waals surface area contributed by atoms with Crippen molar-refractivity contribution in [3.8, 4) is 0 Å². The van der Waals surface area contributed by atoms with Crippen LogP contribution in [0.5, 0.6) is 0 Å². The van der Waals surface area contributed by atoms with Crippen LogP contribution in [-0.2, 0) is 5.60 Å². The number of carbonyl (C=O) groups is 1. The summed E-state index contributed by atoms with van der Waals surface area (Å²) in [6.07, 6.45) is -4.45. The maximum atomic E-state index is 13.2. The van der Waals surface area contributed by atoms with Crippen molar-refractivity contribution in [1.29, 1.82) is 0 Å². The number of aliphatic hydroxyl groups is 1. The second-order valence-electron chi connectivity index (χ2n) is 4.75. The Morgan fingerprint density at radius 1 is 1.32 bits per heavy atom. The molecule has 2 aromatic rings. The Labute approximate surface area is 123 Å². The molecule has 0 aliphatic rings. The normalized spacial score (nSPS) is 14.6. The summed E-state index contributed by atoms with van der Waals surface area (Å²) in [6.45, 7) is 1.06. The minimum absolute atomic E-state index is 0.0237. The number of aryl methyl sites for hydroxylation is 1. The van der Waals surface area contributed by atoms with Crippen molar-refractivity contribution < 1.29 is 31.9 Å². The first-order valence-corrected chi connectivity index (χ1v) is 6.42. The highest BCUT2D eigenvalue weighted by Crippen LogP contribution is 2.41. The minimum Gasteiger partial charge on any atom is -0.463 e. The van der Waals surface area contributed by atoms with Crippen molar-refractivity contribution in [2.24, 2.45) is 0 Å². The molecule has 0 aromatic carbocycles. The maximum absolute atomic E-state index is 13.2. The minimum atomic E-state index is -4.94. The second kappa shape index (κ2) is 5.88. The van der Waals surface area contributed by atoms with E-state index in [4.69, 9.17) is 8.83 Å². The van der Waals surface area contributed by atoms with Crippen molar-refractivity contribution in [1.82, 2.24) is 5.32 Å². The fraction of sp³-hybridized carbons (Fsp3) is 0.357. The molecule has 22 heavy (non-hydrogen) atoms. The average Bonchev–Trinajstić information content (AvgIpc) is 3.07. The molecule has 1 amide bonds. The van der Waals surface area contributed by atoms with Crippen LogP contribution in [0.4, 0.5) is 13.2 Å². The summed E-state index contributed by atoms with van der Waals surface area (Å²) in [5.41, 5.74) is -3.17. The van der Waals surface area contributed by atoms with E-state index in [0.29, 0.717) is 0 Å². The molecule has 0 saturated heterocycles. The summed E-state index contributed by atoms with van der Waals surface area (Å²) in [7, 11) is 0. The first-order valence-electron chi connectivity index (χ1n) is 6.42. The highest BCUT2D eigenvalue weighted by Gasteiger charge is 2.56. The van der Waals surface area contributed by atoms with Gasteiger partial charge in [-0.2, -0.15) is 13.2 Å². The second-order valence-corrected chi connectivity index (χ2v) is 4.75. The molecule has 0 aliphatic heterocycles. The van der Waals surface area contributed by atoms with Gasteiger partial charge in [0, 0.05) is 13.0 Å². The molecule has 0 bridgehead atoms. The summed E-state index contributed by atoms with van der Waals surface area (Å²) in [5.74, 6) is -1.04. The number of carbonyl (C=O) groups excluding carboxylic acids is 1. The number of rotatable bonds is 5. The molecule has 0 radical (unpaired) electrons. The summed E-state index contributed by atoms with van der Waals surface area (Å²) >= 11 is 0. The molecule has 2 N–H and O–H groups in total. The third-order valence-electron chi connectivity index (χ3n) is 3.13. The van der Waals surface area contributed by atoms with Gasteiger partial charge in [-0.05, 0) is 31.2 Å². The van der Waals surface area contributed by atoms with Crippen LogP contribution >= 0.6 is 0 Å². The predicted octanol–water partition coefficient (Wildman–Crippen LogP) is 2.75. The topological polar surface area (TPSA) is 75.6 Å². The maximum Gasteiger partial charge on any atom is 0.424 e. The van der Waals surface area contributed by atoms with Crippen LogP contribution < -0.4 is 5.32 Å². The lowest BCUT2D eigenvalue weighted by Gasteiger charge is -2.28. The highest BCUT2D eigenvalue weighted by atomic mass is 19.4. The van der Waals surface area contributed by atoms with Crippen molar-refractivity contribution in [3.63, 3.8) is 0 Å². The number of halogens is 3. The van der Waals surface area contributed by atoms with E-state index < -0.39 is 36.4 Å². The molecular weight excluding hydrogens is 303 g/mol. The van der Waals surface area contributed by atoms with Crippen molar-refractivity contribution >= 4 is 5.91 Å². The number of alkyl halides is 3. The summed E-state index contributed by atoms with van der Waals surface area (Å²) in [6, 6.07) is 5.25. The van der Waals surface area contributed by atoms with Gasteiger partial charge < -0.3 is 19.3 Å². The van der Waals surface area contributed by atoms with Gasteiger partial charge in [0.05, 0.1) is 6.26 Å². The summed E-state index contributed by atoms with van der Waals surface area (Å²) in [5, 5.41) is 12.2. The summed E-state index contributed by atoms with van der Waals surface area (Å²) < 4.78 is 49.2. The fourth-order valence-corrected chi connectivity index (χ4v) is 1.91. The van der Waals surface area contributed by atoms with Crippen molar-refractivity contribution in [2.45, 2.75) is 25.1 Å². The lowest BCUT2D eigenvalue weighted by atomic mass is 9.95. The van der Waals surface area contributed by atoms with Gasteiger partial charge >= 0.3 is 6.18 Å². The van der Waals surface area contributed by atoms with Gasteiger partial charge in [0.1, 0.15) is 11.5 Å². The quantitative estimate of drug-likeness (QED) is 0.889. The number of furan rings is 2. The van der Waals surface area contributed by atoms with Gasteiger partial charge in [-0.1, -0.05) is 0 Å². The van der Waals surface area contributed by atoms with E-state index in [2.05, 4.69) is 5.32 Å². The highest BCUT2D eigenvalue weighted by molar-refractivity contribution is 5.91. The van der Waals surface area contributed by atoms with E-state index in [0.717, 1.165) is 6.07 Å². The standard InChI is InChI=1S/C14H14F3NO4/c1-9-4-5-11(22-9)13(20,14(15,16)17)6-7-18-12(19)10-3-2-8-21-10/h2-5,8,20H,6-7H2,1H3,(H,18,19)/t13-/m1/s1. The lowest BCUT2D eigenvalue weighted by Crippen LogP contribution is -2.44. The van der Waals surface area contributed by atoms with E-state index >= 15 is 0 Å². The molecular formula is C14H14F3NO4. The van der Waals surface area contributed by atoms with Gasteiger partial charge in [-0.3, -0.25) is 4.79 Å². The molecule has 0 fully saturated rings. The van der Waals surface area contributed by atoms with Crippen LogP contribution in [0.1, 0.15) is 28.5 Å². The van der Waals surface area contributed by atoms with Crippen molar-refractivity contribution in [3.05, 3.63) is 47.8 Å². The Morgan fingerprint density at radius 3 is 2.55 bits per heavy atom. The molecule has 8 heteroatoms. The molecule has 0 aliphatic carbocycles. The molecule has 0 saturated carbocycles. The van der Waals surface area contributed by atoms with Crippen LogP contribution in [0.3, 0.4) is 0 Å². The van der Waals surface area contributed by atoms with E-state index in [9.17, 15) is 23.1 Å². The van der Waals surface area contributed by atoms with E-state index in [1.54, 1.807) is 0 Å². The van der Waals surface area contributed by atoms with Crippen LogP contribution in [0, 0.1) is 6.92 Å². The van der Waals surface area contributed by atoms with Crippen LogP contribution in [-0.4, -0.2) is 23.7 Å². The number of hydrogen-bond donors (Lipinski definition) is 2. The number of amides is 1. The molecule has 5 nitrogen and oxygen atoms in total. The van der Waals surface area contributed by atoms with E-state index in [1.165, 1.54) is 31.4 Å². The van der Waals surface area contributed by atoms with Crippen LogP contribution in [0.25, 0.3) is 0 Å². The lowest BCUT2D eigenvalue weighted by molar-refractivity contribution is -0.274. The molecule has 1 atom stereocenters. The third-order valence-corrected chi connectivity index (χ3v) is 3.13. The molecule has 0 unspecified atom stereocenters. The predicted molar refractivity (Wildman–Crippen MR) is 69.1 cm³/mol. The third kappa shape index (κ3) is 3.16. The van der Waals surface area contributed by atoms with Crippen LogP contribution in [0.2, 0.25) is 0 Å². The van der Waals surface area contributed by atoms with Gasteiger partial charge in [-0.15, -0.1) is 0 Å². The molecule has 2 heterocycles. The molecule has 2 aromatic heterocycles. The largest absolute Gasteiger partial charge is 0.463 e. The zero-order valence-electron chi connectivity index (χ0n) is 11.6. The Kier molecular flexibility index (Phi) is 4.32. The molecule has 120 valence electrons. The Hall–Kier alpha value is -2.22. The van der Waals surface area contributed by atoms with E-state index in [-0.39, 0.29) is 11.5 Å². The van der Waals surface area contributed by atoms with Gasteiger partial charge in [-0.25, -0.2) is 0 Å². The zero-order valence-corrected chi connectivity index (χ0v) is 11.6. The first-order chi connectivity index (χ1) is 10.2. The Bertz CT molecular complexity index is 633. The van der Waals surface area contributed by atoms with E-state index in [1.807, 2.05) is 0 Å². The van der Waals surface area contributed by atoms with Gasteiger partial charge in [0.15, 0.2) is 5.76 Å². The smallest absolute Gasteiger partial charge is 0.424 e. The molecule has 0 spiro atoms. The fourth-order valence-electron chi connectivity index (χ4n) is 1.91. The first kappa shape index (κ1) is 16.2. The zero-order chi connectivity index (χ0) is 16.4. The van der Waals surface area contributed by atoms with Crippen LogP contribution in [0.15, 0.2) is 39.4 Å². The summed E-state index contributed by atoms with van der Waals surface area (Å²) in [4.78, 5) is 11.6. The Morgan fingerprint density at radius 2 is 2.05 bits per heavy atom. The van der Waals surface area contributed by atoms with Crippen molar-refractivity contribution in [2.75, 3.05) is 6.54 Å². The monoisotopic (exact) mass is 317 g/mol. The Balaban J connectivity index is 2.07. The number of nitrogens with one attached hydrogen (secondary N) is 1. The van der Waals surface area contributed by atoms with Gasteiger partial charge in [0.25, 0.3) is 5.91 Å². The molecule has 2 rings (SSSR count). The SMILES string of the molecule is Cc1ccc([C@](O)(CCNC(=O)c2ccco2)C(F)(F)F)o1. The van der Waals surface area contributed by atoms with Gasteiger partial charge in [0.2, 0.25) is 5.60 Å². The number of hydrogen-bond acceptors (Lipinski definition) is 4. The average molecular weight is 317 g/mol.